The van der Waals surface area contributed by atoms with Crippen LogP contribution in [0.2, 0.25) is 0 Å². The first-order valence-electron chi connectivity index (χ1n) is 6.91. The Labute approximate surface area is 129 Å². The first kappa shape index (κ1) is 17.4. The van der Waals surface area contributed by atoms with Crippen LogP contribution in [0.5, 0.6) is 0 Å². The van der Waals surface area contributed by atoms with Gasteiger partial charge in [0, 0.05) is 30.5 Å². The molecule has 0 saturated heterocycles. The molecule has 1 amide bonds. The minimum absolute atomic E-state index is 0.0642. The van der Waals surface area contributed by atoms with Crippen molar-refractivity contribution in [3.05, 3.63) is 41.6 Å². The van der Waals surface area contributed by atoms with E-state index in [1.807, 2.05) is 13.0 Å². The lowest BCUT2D eigenvalue weighted by Gasteiger charge is -2.17. The van der Waals surface area contributed by atoms with Crippen LogP contribution < -0.4 is 5.32 Å². The number of amides is 1. The number of hydrogen-bond acceptors (Lipinski definition) is 5. The van der Waals surface area contributed by atoms with Crippen LogP contribution in [-0.2, 0) is 4.79 Å². The van der Waals surface area contributed by atoms with Crippen LogP contribution in [0.4, 0.5) is 5.69 Å². The van der Waals surface area contributed by atoms with Crippen LogP contribution in [0.15, 0.2) is 36.0 Å². The maximum atomic E-state index is 12.1. The molecule has 0 heterocycles. The minimum atomic E-state index is -0.556. The van der Waals surface area contributed by atoms with Crippen molar-refractivity contribution in [2.24, 2.45) is 0 Å². The average molecular weight is 301 g/mol. The third kappa shape index (κ3) is 5.04. The number of nitrogens with zero attached hydrogens (tertiary/aromatic N) is 2. The van der Waals surface area contributed by atoms with Crippen LogP contribution in [0.3, 0.4) is 0 Å². The fourth-order valence-electron chi connectivity index (χ4n) is 1.78. The number of likely N-dealkylation sites (N-methyl/N-ethyl adjacent to an activating group) is 1. The monoisotopic (exact) mass is 301 g/mol. The summed E-state index contributed by atoms with van der Waals surface area (Å²) in [7, 11) is 0. The molecule has 116 valence electrons. The van der Waals surface area contributed by atoms with Gasteiger partial charge in [-0.15, -0.1) is 0 Å². The van der Waals surface area contributed by atoms with E-state index < -0.39 is 5.91 Å². The van der Waals surface area contributed by atoms with E-state index in [4.69, 9.17) is 10.4 Å². The van der Waals surface area contributed by atoms with E-state index >= 15 is 0 Å². The van der Waals surface area contributed by atoms with Gasteiger partial charge in [0.2, 0.25) is 0 Å². The quantitative estimate of drug-likeness (QED) is 0.453. The Morgan fingerprint density at radius 3 is 2.73 bits per heavy atom. The van der Waals surface area contributed by atoms with Crippen molar-refractivity contribution >= 4 is 17.4 Å². The van der Waals surface area contributed by atoms with Crippen LogP contribution in [0.25, 0.3) is 0 Å². The molecule has 0 atom stereocenters. The molecular formula is C16H19N3O3. The summed E-state index contributed by atoms with van der Waals surface area (Å²) in [6, 6.07) is 8.35. The van der Waals surface area contributed by atoms with Gasteiger partial charge in [-0.2, -0.15) is 5.26 Å². The number of benzene rings is 1. The van der Waals surface area contributed by atoms with Crippen molar-refractivity contribution < 1.29 is 14.7 Å². The fraction of sp³-hybridized carbons (Fsp3) is 0.312. The van der Waals surface area contributed by atoms with Gasteiger partial charge in [0.25, 0.3) is 5.91 Å². The summed E-state index contributed by atoms with van der Waals surface area (Å²) in [6.07, 6.45) is 1.42. The lowest BCUT2D eigenvalue weighted by atomic mass is 10.1. The molecule has 0 aliphatic carbocycles. The lowest BCUT2D eigenvalue weighted by molar-refractivity contribution is -0.112. The Hall–Kier alpha value is -2.65. The molecular weight excluding hydrogens is 282 g/mol. The minimum Gasteiger partial charge on any atom is -0.395 e. The average Bonchev–Trinajstić information content (AvgIpc) is 2.51. The smallest absolute Gasteiger partial charge is 0.267 e. The zero-order valence-corrected chi connectivity index (χ0v) is 12.7. The summed E-state index contributed by atoms with van der Waals surface area (Å²) in [4.78, 5) is 25.1. The van der Waals surface area contributed by atoms with Gasteiger partial charge in [-0.05, 0) is 26.0 Å². The van der Waals surface area contributed by atoms with Gasteiger partial charge in [0.15, 0.2) is 5.78 Å². The molecule has 2 N–H and O–H groups in total. The highest BCUT2D eigenvalue weighted by molar-refractivity contribution is 6.07. The number of aliphatic hydroxyl groups excluding tert-OH is 1. The van der Waals surface area contributed by atoms with Crippen LogP contribution in [-0.4, -0.2) is 41.4 Å². The van der Waals surface area contributed by atoms with Crippen LogP contribution >= 0.6 is 0 Å². The third-order valence-corrected chi connectivity index (χ3v) is 3.00. The van der Waals surface area contributed by atoms with Crippen molar-refractivity contribution in [1.82, 2.24) is 4.90 Å². The SMILES string of the molecule is CCN(/C=C(/C#N)C(=O)Nc1cccc(C(C)=O)c1)CCO. The van der Waals surface area contributed by atoms with Crippen LogP contribution in [0.1, 0.15) is 24.2 Å². The van der Waals surface area contributed by atoms with Gasteiger partial charge in [-0.3, -0.25) is 9.59 Å². The molecule has 0 aliphatic rings. The Kier molecular flexibility index (Phi) is 6.80. The number of carbonyl (C=O) groups is 2. The Morgan fingerprint density at radius 1 is 1.45 bits per heavy atom. The van der Waals surface area contributed by atoms with Crippen molar-refractivity contribution in [3.63, 3.8) is 0 Å². The number of Topliss-reactive ketones (excluding diaryl/α,β-unsaturated/α-hetero) is 1. The van der Waals surface area contributed by atoms with Gasteiger partial charge in [-0.1, -0.05) is 12.1 Å². The predicted octanol–water partition coefficient (Wildman–Crippen LogP) is 1.55. The van der Waals surface area contributed by atoms with E-state index in [0.717, 1.165) is 0 Å². The second kappa shape index (κ2) is 8.60. The number of nitriles is 1. The second-order valence-electron chi connectivity index (χ2n) is 4.60. The maximum absolute atomic E-state index is 12.1. The molecule has 0 bridgehead atoms. The maximum Gasteiger partial charge on any atom is 0.267 e. The second-order valence-corrected chi connectivity index (χ2v) is 4.60. The molecule has 6 nitrogen and oxygen atoms in total. The van der Waals surface area contributed by atoms with E-state index in [-0.39, 0.29) is 18.0 Å². The molecule has 0 unspecified atom stereocenters. The normalized spacial score (nSPS) is 10.7. The summed E-state index contributed by atoms with van der Waals surface area (Å²) in [6.45, 7) is 4.14. The molecule has 0 aliphatic heterocycles. The molecule has 1 aromatic carbocycles. The highest BCUT2D eigenvalue weighted by Gasteiger charge is 2.11. The largest absolute Gasteiger partial charge is 0.395 e. The standard InChI is InChI=1S/C16H19N3O3/c1-3-19(7-8-20)11-14(10-17)16(22)18-15-6-4-5-13(9-15)12(2)21/h4-6,9,11,20H,3,7-8H2,1-2H3,(H,18,22)/b14-11-. The number of rotatable bonds is 7. The van der Waals surface area contributed by atoms with Crippen molar-refractivity contribution in [2.45, 2.75) is 13.8 Å². The molecule has 0 radical (unpaired) electrons. The molecule has 0 aromatic heterocycles. The summed E-state index contributed by atoms with van der Waals surface area (Å²) in [5, 5.41) is 20.6. The van der Waals surface area contributed by atoms with Gasteiger partial charge in [-0.25, -0.2) is 0 Å². The Bertz CT molecular complexity index is 617. The lowest BCUT2D eigenvalue weighted by Crippen LogP contribution is -2.23. The zero-order chi connectivity index (χ0) is 16.5. The van der Waals surface area contributed by atoms with Gasteiger partial charge in [0.1, 0.15) is 11.6 Å². The molecule has 22 heavy (non-hydrogen) atoms. The highest BCUT2D eigenvalue weighted by Crippen LogP contribution is 2.12. The first-order chi connectivity index (χ1) is 10.5. The zero-order valence-electron chi connectivity index (χ0n) is 12.7. The van der Waals surface area contributed by atoms with E-state index in [0.29, 0.717) is 24.3 Å². The molecule has 1 rings (SSSR count). The summed E-state index contributed by atoms with van der Waals surface area (Å²) in [5.74, 6) is -0.660. The van der Waals surface area contributed by atoms with E-state index in [2.05, 4.69) is 5.32 Å². The van der Waals surface area contributed by atoms with Gasteiger partial charge >= 0.3 is 0 Å². The Morgan fingerprint density at radius 2 is 2.18 bits per heavy atom. The van der Waals surface area contributed by atoms with Crippen molar-refractivity contribution in [3.8, 4) is 6.07 Å². The summed E-state index contributed by atoms with van der Waals surface area (Å²) >= 11 is 0. The Balaban J connectivity index is 2.90. The van der Waals surface area contributed by atoms with Gasteiger partial charge < -0.3 is 15.3 Å². The topological polar surface area (TPSA) is 93.4 Å². The predicted molar refractivity (Wildman–Crippen MR) is 83.1 cm³/mol. The number of nitrogens with one attached hydrogen (secondary N) is 1. The van der Waals surface area contributed by atoms with E-state index in [1.165, 1.54) is 13.1 Å². The third-order valence-electron chi connectivity index (χ3n) is 3.00. The number of ketones is 1. The number of hydrogen-bond donors (Lipinski definition) is 2. The number of anilines is 1. The molecule has 0 saturated carbocycles. The molecule has 0 fully saturated rings. The van der Waals surface area contributed by atoms with Crippen LogP contribution in [0, 0.1) is 11.3 Å². The van der Waals surface area contributed by atoms with E-state index in [9.17, 15) is 9.59 Å². The van der Waals surface area contributed by atoms with E-state index in [1.54, 1.807) is 29.2 Å². The number of carbonyl (C=O) groups excluding carboxylic acids is 2. The van der Waals surface area contributed by atoms with Crippen molar-refractivity contribution in [1.29, 1.82) is 5.26 Å². The van der Waals surface area contributed by atoms with Crippen molar-refractivity contribution in [2.75, 3.05) is 25.0 Å². The first-order valence-corrected chi connectivity index (χ1v) is 6.91. The number of aliphatic hydroxyl groups is 1. The fourth-order valence-corrected chi connectivity index (χ4v) is 1.78. The highest BCUT2D eigenvalue weighted by atomic mass is 16.3. The summed E-state index contributed by atoms with van der Waals surface area (Å²) < 4.78 is 0. The molecule has 0 spiro atoms. The summed E-state index contributed by atoms with van der Waals surface area (Å²) in [5.41, 5.74) is 0.864. The molecule has 1 aromatic rings. The van der Waals surface area contributed by atoms with Gasteiger partial charge in [0.05, 0.1) is 6.61 Å². The molecule has 6 heteroatoms.